The van der Waals surface area contributed by atoms with E-state index in [1.165, 1.54) is 12.0 Å². The van der Waals surface area contributed by atoms with Gasteiger partial charge in [-0.1, -0.05) is 36.4 Å². The van der Waals surface area contributed by atoms with Gasteiger partial charge in [-0.15, -0.1) is 0 Å². The summed E-state index contributed by atoms with van der Waals surface area (Å²) in [6.45, 7) is 1.24. The molecule has 0 radical (unpaired) electrons. The molecule has 4 aliphatic rings. The monoisotopic (exact) mass is 596 g/mol. The summed E-state index contributed by atoms with van der Waals surface area (Å²) in [5.74, 6) is -0.751. The lowest BCUT2D eigenvalue weighted by Gasteiger charge is -2.33. The molecule has 0 saturated carbocycles. The number of hydrogen-bond acceptors (Lipinski definition) is 8. The van der Waals surface area contributed by atoms with E-state index in [1.54, 1.807) is 54.6 Å². The van der Waals surface area contributed by atoms with Crippen LogP contribution in [0.15, 0.2) is 60.7 Å². The smallest absolute Gasteiger partial charge is 0.322 e. The molecule has 0 aromatic heterocycles. The van der Waals surface area contributed by atoms with E-state index < -0.39 is 35.0 Å². The van der Waals surface area contributed by atoms with E-state index in [1.807, 2.05) is 11.0 Å². The van der Waals surface area contributed by atoms with Crippen LogP contribution in [0.1, 0.15) is 38.2 Å². The largest absolute Gasteiger partial charge is 0.508 e. The number of nitrogens with one attached hydrogen (secondary N) is 4. The lowest BCUT2D eigenvalue weighted by molar-refractivity contribution is -0.125. The third-order valence-corrected chi connectivity index (χ3v) is 8.82. The molecule has 0 bridgehead atoms. The fourth-order valence-electron chi connectivity index (χ4n) is 6.61. The number of nitrogens with zero attached hydrogens (tertiary/aromatic N) is 2. The van der Waals surface area contributed by atoms with Crippen molar-refractivity contribution in [2.24, 2.45) is 0 Å². The van der Waals surface area contributed by atoms with Gasteiger partial charge < -0.3 is 25.4 Å². The molecule has 7 rings (SSSR count). The van der Waals surface area contributed by atoms with E-state index in [9.17, 15) is 29.1 Å². The normalized spacial score (nSPS) is 24.1. The third-order valence-electron chi connectivity index (χ3n) is 8.82. The summed E-state index contributed by atoms with van der Waals surface area (Å²) in [6, 6.07) is 15.5. The fourth-order valence-corrected chi connectivity index (χ4v) is 6.61. The number of fused-ring (bicyclic) bond motifs is 2. The van der Waals surface area contributed by atoms with Crippen LogP contribution in [0.4, 0.5) is 9.59 Å². The number of urea groups is 2. The molecule has 4 aliphatic heterocycles. The Morgan fingerprint density at radius 3 is 1.91 bits per heavy atom. The molecule has 3 aromatic rings. The van der Waals surface area contributed by atoms with Gasteiger partial charge in [-0.3, -0.25) is 29.9 Å². The maximum Gasteiger partial charge on any atom is 0.322 e. The number of ether oxygens (including phenoxy) is 1. The summed E-state index contributed by atoms with van der Waals surface area (Å²) in [7, 11) is 1.51. The van der Waals surface area contributed by atoms with Gasteiger partial charge in [0.25, 0.3) is 17.7 Å². The van der Waals surface area contributed by atoms with E-state index in [-0.39, 0.29) is 31.3 Å². The van der Waals surface area contributed by atoms with Crippen molar-refractivity contribution in [2.75, 3.05) is 20.2 Å². The van der Waals surface area contributed by atoms with Crippen molar-refractivity contribution in [1.29, 1.82) is 0 Å². The van der Waals surface area contributed by atoms with Crippen LogP contribution in [0.2, 0.25) is 0 Å². The lowest BCUT2D eigenvalue weighted by atomic mass is 9.84. The predicted molar refractivity (Wildman–Crippen MR) is 153 cm³/mol. The minimum absolute atomic E-state index is 0.138. The number of hydrogen-bond donors (Lipinski definition) is 5. The number of carbonyl (C=O) groups excluding carboxylic acids is 5. The Balaban J connectivity index is 1.19. The predicted octanol–water partition coefficient (Wildman–Crippen LogP) is 1.14. The molecule has 44 heavy (non-hydrogen) atoms. The van der Waals surface area contributed by atoms with Crippen molar-refractivity contribution in [1.82, 2.24) is 31.1 Å². The lowest BCUT2D eigenvalue weighted by Crippen LogP contribution is -2.53. The summed E-state index contributed by atoms with van der Waals surface area (Å²) in [4.78, 5) is 68.3. The molecule has 5 N–H and O–H groups in total. The van der Waals surface area contributed by atoms with Gasteiger partial charge in [-0.25, -0.2) is 9.59 Å². The fraction of sp³-hybridized carbons (Fsp3) is 0.258. The number of amides is 7. The summed E-state index contributed by atoms with van der Waals surface area (Å²) in [5.41, 5.74) is 1.03. The average Bonchev–Trinajstić information content (AvgIpc) is 3.71. The summed E-state index contributed by atoms with van der Waals surface area (Å²) in [6.07, 6.45) is 0. The zero-order chi connectivity index (χ0) is 30.8. The standard InChI is InChI=1S/C31H28N6O7/c1-44-23-9-3-18-14-37(25(39)24(18)11-23)16-31(27(41)33-29(43)35-31)21-6-4-20(5-7-21)30(26(40)32-28(42)34-30)15-36-12-17-2-8-22(38)10-19(17)13-36/h2-11,38H,12-16H2,1H3,(H2,32,34,40,42)(H2,33,35,41,43). The molecule has 0 spiro atoms. The highest BCUT2D eigenvalue weighted by Crippen LogP contribution is 2.36. The zero-order valence-electron chi connectivity index (χ0n) is 23.6. The molecular formula is C31H28N6O7. The van der Waals surface area contributed by atoms with Gasteiger partial charge in [0, 0.05) is 31.7 Å². The highest BCUT2D eigenvalue weighted by atomic mass is 16.5. The molecule has 13 heteroatoms. The SMILES string of the molecule is COc1ccc2c(c1)C(=O)N(CC1(c3ccc(C4(CN5Cc6ccc(O)cc6C5)NC(=O)NC4=O)cc3)NC(=O)NC1=O)C2. The quantitative estimate of drug-likeness (QED) is 0.253. The van der Waals surface area contributed by atoms with Gasteiger partial charge >= 0.3 is 12.1 Å². The van der Waals surface area contributed by atoms with Gasteiger partial charge in [0.2, 0.25) is 0 Å². The van der Waals surface area contributed by atoms with Crippen molar-refractivity contribution in [3.63, 3.8) is 0 Å². The second kappa shape index (κ2) is 9.81. The Bertz CT molecular complexity index is 1780. The van der Waals surface area contributed by atoms with Crippen molar-refractivity contribution >= 4 is 29.8 Å². The molecule has 7 amide bonds. The first-order chi connectivity index (χ1) is 21.1. The zero-order valence-corrected chi connectivity index (χ0v) is 23.6. The van der Waals surface area contributed by atoms with Gasteiger partial charge in [0.1, 0.15) is 11.5 Å². The minimum atomic E-state index is -1.59. The number of rotatable bonds is 7. The van der Waals surface area contributed by atoms with Crippen LogP contribution in [-0.4, -0.2) is 64.9 Å². The Kier molecular flexibility index (Phi) is 6.11. The van der Waals surface area contributed by atoms with Crippen molar-refractivity contribution < 1.29 is 33.8 Å². The maximum atomic E-state index is 13.3. The van der Waals surface area contributed by atoms with Crippen molar-refractivity contribution in [2.45, 2.75) is 30.7 Å². The van der Waals surface area contributed by atoms with Crippen LogP contribution >= 0.6 is 0 Å². The average molecular weight is 597 g/mol. The number of benzene rings is 3. The van der Waals surface area contributed by atoms with E-state index in [0.29, 0.717) is 35.5 Å². The number of imide groups is 2. The van der Waals surface area contributed by atoms with Gasteiger partial charge in [-0.05, 0) is 52.1 Å². The summed E-state index contributed by atoms with van der Waals surface area (Å²) in [5, 5.41) is 20.0. The summed E-state index contributed by atoms with van der Waals surface area (Å²) < 4.78 is 5.26. The number of carbonyl (C=O) groups is 5. The third kappa shape index (κ3) is 4.23. The molecule has 2 atom stereocenters. The highest BCUT2D eigenvalue weighted by Gasteiger charge is 2.52. The molecule has 2 unspecified atom stereocenters. The van der Waals surface area contributed by atoms with Crippen LogP contribution in [-0.2, 0) is 40.3 Å². The van der Waals surface area contributed by atoms with Gasteiger partial charge in [0.05, 0.1) is 13.7 Å². The molecule has 13 nitrogen and oxygen atoms in total. The van der Waals surface area contributed by atoms with Crippen LogP contribution < -0.4 is 26.0 Å². The van der Waals surface area contributed by atoms with Gasteiger partial charge in [-0.2, -0.15) is 0 Å². The highest BCUT2D eigenvalue weighted by molar-refractivity contribution is 6.09. The topological polar surface area (TPSA) is 169 Å². The number of phenols is 1. The molecule has 3 aromatic carbocycles. The summed E-state index contributed by atoms with van der Waals surface area (Å²) >= 11 is 0. The number of aromatic hydroxyl groups is 1. The van der Waals surface area contributed by atoms with Crippen LogP contribution in [0.3, 0.4) is 0 Å². The second-order valence-corrected chi connectivity index (χ2v) is 11.5. The van der Waals surface area contributed by atoms with E-state index in [4.69, 9.17) is 4.74 Å². The molecule has 4 heterocycles. The number of phenolic OH excluding ortho intramolecular Hbond substituents is 1. The second-order valence-electron chi connectivity index (χ2n) is 11.5. The Morgan fingerprint density at radius 2 is 1.32 bits per heavy atom. The number of methoxy groups -OCH3 is 1. The molecule has 2 fully saturated rings. The first kappa shape index (κ1) is 27.4. The van der Waals surface area contributed by atoms with Crippen LogP contribution in [0.5, 0.6) is 11.5 Å². The molecular weight excluding hydrogens is 568 g/mol. The van der Waals surface area contributed by atoms with E-state index in [2.05, 4.69) is 21.3 Å². The van der Waals surface area contributed by atoms with Crippen LogP contribution in [0, 0.1) is 0 Å². The Hall–Kier alpha value is -5.43. The maximum absolute atomic E-state index is 13.3. The van der Waals surface area contributed by atoms with E-state index in [0.717, 1.165) is 16.7 Å². The van der Waals surface area contributed by atoms with E-state index >= 15 is 0 Å². The molecule has 224 valence electrons. The first-order valence-electron chi connectivity index (χ1n) is 14.0. The molecule has 2 saturated heterocycles. The van der Waals surface area contributed by atoms with Gasteiger partial charge in [0.15, 0.2) is 11.1 Å². The van der Waals surface area contributed by atoms with Crippen molar-refractivity contribution in [3.8, 4) is 11.5 Å². The molecule has 0 aliphatic carbocycles. The Labute approximate surface area is 251 Å². The Morgan fingerprint density at radius 1 is 0.727 bits per heavy atom. The van der Waals surface area contributed by atoms with Crippen molar-refractivity contribution in [3.05, 3.63) is 94.0 Å². The van der Waals surface area contributed by atoms with Crippen LogP contribution in [0.25, 0.3) is 0 Å². The minimum Gasteiger partial charge on any atom is -0.508 e. The first-order valence-corrected chi connectivity index (χ1v) is 14.0.